The molecule has 0 heterocycles. The summed E-state index contributed by atoms with van der Waals surface area (Å²) < 4.78 is 68.5. The predicted octanol–water partition coefficient (Wildman–Crippen LogP) is 22.7. The summed E-state index contributed by atoms with van der Waals surface area (Å²) in [7, 11) is -9.91. The maximum Gasteiger partial charge on any atom is 0.472 e. The Kier molecular flexibility index (Phi) is 67.4. The molecule has 0 aliphatic rings. The Balaban J connectivity index is 5.17. The van der Waals surface area contributed by atoms with Crippen molar-refractivity contribution in [1.82, 2.24) is 0 Å². The topological polar surface area (TPSA) is 237 Å². The Morgan fingerprint density at radius 3 is 0.792 bits per heavy atom. The zero-order valence-electron chi connectivity index (χ0n) is 62.7. The van der Waals surface area contributed by atoms with Gasteiger partial charge in [-0.25, -0.2) is 9.13 Å². The van der Waals surface area contributed by atoms with Gasteiger partial charge in [0.05, 0.1) is 26.4 Å². The molecule has 0 saturated carbocycles. The number of ether oxygens (including phenoxy) is 4. The van der Waals surface area contributed by atoms with Crippen LogP contribution in [0.1, 0.15) is 401 Å². The minimum absolute atomic E-state index is 0.106. The van der Waals surface area contributed by atoms with E-state index in [9.17, 15) is 43.2 Å². The van der Waals surface area contributed by atoms with Crippen LogP contribution < -0.4 is 0 Å². The number of unbranched alkanes of at least 4 members (excludes halogenated alkanes) is 45. The van der Waals surface area contributed by atoms with Crippen molar-refractivity contribution in [3.8, 4) is 0 Å². The average molecular weight is 1410 g/mol. The number of aliphatic hydroxyl groups excluding tert-OH is 1. The van der Waals surface area contributed by atoms with Gasteiger partial charge < -0.3 is 33.8 Å². The summed E-state index contributed by atoms with van der Waals surface area (Å²) >= 11 is 0. The molecule has 0 fully saturated rings. The fourth-order valence-electron chi connectivity index (χ4n) is 11.8. The number of hydrogen-bond donors (Lipinski definition) is 3. The van der Waals surface area contributed by atoms with Gasteiger partial charge in [-0.1, -0.05) is 350 Å². The smallest absolute Gasteiger partial charge is 0.462 e. The summed E-state index contributed by atoms with van der Waals surface area (Å²) in [5, 5.41) is 10.6. The summed E-state index contributed by atoms with van der Waals surface area (Å²) in [6.07, 6.45) is 57.1. The molecule has 17 nitrogen and oxygen atoms in total. The van der Waals surface area contributed by atoms with Gasteiger partial charge in [0.15, 0.2) is 12.2 Å². The molecule has 0 aromatic rings. The fraction of sp³-hybridized carbons (Fsp3) is 0.948. The van der Waals surface area contributed by atoms with Crippen LogP contribution in [0.25, 0.3) is 0 Å². The van der Waals surface area contributed by atoms with Crippen molar-refractivity contribution in [2.45, 2.75) is 419 Å². The first-order valence-corrected chi connectivity index (χ1v) is 43.0. The zero-order chi connectivity index (χ0) is 70.7. The van der Waals surface area contributed by atoms with E-state index >= 15 is 0 Å². The Labute approximate surface area is 588 Å². The van der Waals surface area contributed by atoms with Crippen LogP contribution in [-0.4, -0.2) is 96.7 Å². The SMILES string of the molecule is CCCCCCCCCCCCCCCCCC(=O)OC[C@H](COP(=O)(O)OC[C@@H](O)COP(=O)(O)OC[C@@H](COC(=O)CCCCCCCCC(C)C)OC(=O)CCCCCCCCCCCC)OC(=O)CCCCCCCCCCCCCCCCCCCCC(C)CC. The molecule has 0 rings (SSSR count). The number of phosphoric ester groups is 2. The Morgan fingerprint density at radius 1 is 0.302 bits per heavy atom. The van der Waals surface area contributed by atoms with Gasteiger partial charge in [-0.05, 0) is 37.5 Å². The van der Waals surface area contributed by atoms with E-state index in [4.69, 9.17) is 37.0 Å². The standard InChI is InChI=1S/C77H150O17P2/c1-7-10-12-14-16-18-20-21-26-30-33-37-40-47-53-59-74(79)87-65-72(93-77(82)62-56-50-42-38-34-31-28-25-23-22-24-27-29-32-35-39-46-52-58-70(6)9-3)67-91-95(83,84)89-63-71(78)64-90-96(85,86)92-68-73(66-88-75(80)60-54-48-44-43-45-51-57-69(4)5)94-76(81)61-55-49-41-36-19-17-15-13-11-8-2/h69-73,78H,7-68H2,1-6H3,(H,83,84)(H,85,86)/t70?,71-,72-,73-/m1/s1. The Morgan fingerprint density at radius 2 is 0.531 bits per heavy atom. The average Bonchev–Trinajstić information content (AvgIpc) is 1.51. The molecule has 0 radical (unpaired) electrons. The molecule has 0 aromatic carbocycles. The molecule has 570 valence electrons. The number of rotatable bonds is 76. The van der Waals surface area contributed by atoms with E-state index < -0.39 is 97.5 Å². The highest BCUT2D eigenvalue weighted by Gasteiger charge is 2.30. The lowest BCUT2D eigenvalue weighted by atomic mass is 9.99. The zero-order valence-corrected chi connectivity index (χ0v) is 64.5. The normalized spacial score (nSPS) is 14.3. The molecule has 96 heavy (non-hydrogen) atoms. The van der Waals surface area contributed by atoms with Crippen LogP contribution in [0.3, 0.4) is 0 Å². The van der Waals surface area contributed by atoms with Crippen molar-refractivity contribution in [3.05, 3.63) is 0 Å². The third-order valence-corrected chi connectivity index (χ3v) is 20.2. The third kappa shape index (κ3) is 69.2. The number of phosphoric acid groups is 2. The first-order valence-electron chi connectivity index (χ1n) is 40.0. The molecule has 0 bridgehead atoms. The van der Waals surface area contributed by atoms with Crippen molar-refractivity contribution >= 4 is 39.5 Å². The van der Waals surface area contributed by atoms with Gasteiger partial charge in [0.25, 0.3) is 0 Å². The molecule has 0 aromatic heterocycles. The number of carbonyl (C=O) groups is 4. The molecular formula is C77H150O17P2. The van der Waals surface area contributed by atoms with Gasteiger partial charge in [-0.2, -0.15) is 0 Å². The largest absolute Gasteiger partial charge is 0.472 e. The molecule has 0 aliphatic heterocycles. The highest BCUT2D eigenvalue weighted by atomic mass is 31.2. The maximum absolute atomic E-state index is 13.1. The molecule has 6 atom stereocenters. The molecule has 0 aliphatic carbocycles. The maximum atomic E-state index is 13.1. The van der Waals surface area contributed by atoms with Crippen molar-refractivity contribution in [2.24, 2.45) is 11.8 Å². The van der Waals surface area contributed by atoms with Crippen LogP contribution in [0.4, 0.5) is 0 Å². The van der Waals surface area contributed by atoms with Crippen LogP contribution >= 0.6 is 15.6 Å². The van der Waals surface area contributed by atoms with E-state index in [2.05, 4.69) is 41.5 Å². The minimum Gasteiger partial charge on any atom is -0.462 e. The number of esters is 4. The second-order valence-electron chi connectivity index (χ2n) is 28.5. The summed E-state index contributed by atoms with van der Waals surface area (Å²) in [4.78, 5) is 72.7. The van der Waals surface area contributed by atoms with Crippen LogP contribution in [0, 0.1) is 11.8 Å². The van der Waals surface area contributed by atoms with Crippen molar-refractivity contribution in [2.75, 3.05) is 39.6 Å². The first-order chi connectivity index (χ1) is 46.4. The van der Waals surface area contributed by atoms with Crippen LogP contribution in [-0.2, 0) is 65.4 Å². The molecule has 19 heteroatoms. The second-order valence-corrected chi connectivity index (χ2v) is 31.4. The molecule has 0 amide bonds. The van der Waals surface area contributed by atoms with E-state index in [1.807, 2.05) is 0 Å². The minimum atomic E-state index is -4.96. The van der Waals surface area contributed by atoms with Crippen molar-refractivity contribution in [3.63, 3.8) is 0 Å². The van der Waals surface area contributed by atoms with E-state index in [0.717, 1.165) is 102 Å². The molecule has 0 spiro atoms. The lowest BCUT2D eigenvalue weighted by molar-refractivity contribution is -0.161. The third-order valence-electron chi connectivity index (χ3n) is 18.3. The number of aliphatic hydroxyl groups is 1. The van der Waals surface area contributed by atoms with Gasteiger partial charge in [0.1, 0.15) is 19.3 Å². The lowest BCUT2D eigenvalue weighted by Gasteiger charge is -2.21. The van der Waals surface area contributed by atoms with Crippen LogP contribution in [0.2, 0.25) is 0 Å². The van der Waals surface area contributed by atoms with Crippen molar-refractivity contribution in [1.29, 1.82) is 0 Å². The summed E-state index contributed by atoms with van der Waals surface area (Å²) in [5.74, 6) is -0.566. The Hall–Kier alpha value is -1.94. The van der Waals surface area contributed by atoms with E-state index in [1.54, 1.807) is 0 Å². The highest BCUT2D eigenvalue weighted by molar-refractivity contribution is 7.47. The van der Waals surface area contributed by atoms with Gasteiger partial charge in [0.2, 0.25) is 0 Å². The summed E-state index contributed by atoms with van der Waals surface area (Å²) in [6, 6.07) is 0. The van der Waals surface area contributed by atoms with E-state index in [-0.39, 0.29) is 25.7 Å². The molecule has 0 saturated heterocycles. The van der Waals surface area contributed by atoms with E-state index in [1.165, 1.54) is 212 Å². The second kappa shape index (κ2) is 68.8. The van der Waals surface area contributed by atoms with Gasteiger partial charge in [-0.15, -0.1) is 0 Å². The van der Waals surface area contributed by atoms with Crippen molar-refractivity contribution < 1.29 is 80.2 Å². The van der Waals surface area contributed by atoms with Crippen LogP contribution in [0.5, 0.6) is 0 Å². The highest BCUT2D eigenvalue weighted by Crippen LogP contribution is 2.45. The number of hydrogen-bond acceptors (Lipinski definition) is 15. The van der Waals surface area contributed by atoms with Crippen LogP contribution in [0.15, 0.2) is 0 Å². The predicted molar refractivity (Wildman–Crippen MR) is 391 cm³/mol. The monoisotopic (exact) mass is 1410 g/mol. The first kappa shape index (κ1) is 94.1. The quantitative estimate of drug-likeness (QED) is 0.0222. The number of carbonyl (C=O) groups excluding carboxylic acids is 4. The summed E-state index contributed by atoms with van der Waals surface area (Å²) in [6.45, 7) is 9.57. The van der Waals surface area contributed by atoms with Gasteiger partial charge in [-0.3, -0.25) is 37.3 Å². The molecule has 3 unspecified atom stereocenters. The fourth-order valence-corrected chi connectivity index (χ4v) is 13.4. The molecular weight excluding hydrogens is 1260 g/mol. The lowest BCUT2D eigenvalue weighted by Crippen LogP contribution is -2.30. The summed E-state index contributed by atoms with van der Waals surface area (Å²) in [5.41, 5.74) is 0. The van der Waals surface area contributed by atoms with Gasteiger partial charge in [0, 0.05) is 25.7 Å². The van der Waals surface area contributed by atoms with E-state index in [0.29, 0.717) is 31.6 Å². The van der Waals surface area contributed by atoms with Gasteiger partial charge >= 0.3 is 39.5 Å². The molecule has 3 N–H and O–H groups in total. The Bertz CT molecular complexity index is 1860.